The van der Waals surface area contributed by atoms with Gasteiger partial charge >= 0.3 is 0 Å². The van der Waals surface area contributed by atoms with E-state index in [-0.39, 0.29) is 24.0 Å². The molecule has 1 amide bonds. The number of aryl methyl sites for hydroxylation is 2. The molecule has 2 aromatic rings. The van der Waals surface area contributed by atoms with Gasteiger partial charge in [0.2, 0.25) is 0 Å². The first-order chi connectivity index (χ1) is 10.4. The van der Waals surface area contributed by atoms with Crippen LogP contribution in [0.15, 0.2) is 36.4 Å². The Morgan fingerprint density at radius 3 is 2.50 bits per heavy atom. The fourth-order valence-electron chi connectivity index (χ4n) is 2.10. The SMILES string of the molecule is Cc1cc(CNC(=O)c2ccc([N+](=O)[O-])c(C)c2)ccc1F. The number of nitrogens with zero attached hydrogens (tertiary/aromatic N) is 1. The van der Waals surface area contributed by atoms with Gasteiger partial charge in [-0.1, -0.05) is 12.1 Å². The van der Waals surface area contributed by atoms with Crippen LogP contribution < -0.4 is 5.32 Å². The van der Waals surface area contributed by atoms with Gasteiger partial charge < -0.3 is 5.32 Å². The first kappa shape index (κ1) is 15.6. The topological polar surface area (TPSA) is 72.2 Å². The zero-order chi connectivity index (χ0) is 16.3. The molecule has 0 aliphatic heterocycles. The summed E-state index contributed by atoms with van der Waals surface area (Å²) in [6.45, 7) is 3.49. The molecular weight excluding hydrogens is 287 g/mol. The average molecular weight is 302 g/mol. The highest BCUT2D eigenvalue weighted by atomic mass is 19.1. The van der Waals surface area contributed by atoms with Crippen molar-refractivity contribution < 1.29 is 14.1 Å². The van der Waals surface area contributed by atoms with Crippen molar-refractivity contribution in [2.24, 2.45) is 0 Å². The predicted molar refractivity (Wildman–Crippen MR) is 80.1 cm³/mol. The van der Waals surface area contributed by atoms with Gasteiger partial charge in [-0.05, 0) is 43.2 Å². The Labute approximate surface area is 126 Å². The number of nitro groups is 1. The lowest BCUT2D eigenvalue weighted by Gasteiger charge is -2.07. The smallest absolute Gasteiger partial charge is 0.272 e. The molecule has 0 fully saturated rings. The van der Waals surface area contributed by atoms with Crippen LogP contribution in [0.4, 0.5) is 10.1 Å². The van der Waals surface area contributed by atoms with Crippen LogP contribution in [-0.4, -0.2) is 10.8 Å². The molecule has 5 nitrogen and oxygen atoms in total. The molecule has 0 atom stereocenters. The van der Waals surface area contributed by atoms with Crippen molar-refractivity contribution in [3.63, 3.8) is 0 Å². The quantitative estimate of drug-likeness (QED) is 0.696. The van der Waals surface area contributed by atoms with E-state index in [0.717, 1.165) is 5.56 Å². The molecule has 0 heterocycles. The van der Waals surface area contributed by atoms with Gasteiger partial charge in [0.15, 0.2) is 0 Å². The molecule has 2 rings (SSSR count). The number of amides is 1. The number of hydrogen-bond donors (Lipinski definition) is 1. The summed E-state index contributed by atoms with van der Waals surface area (Å²) in [5, 5.41) is 13.5. The van der Waals surface area contributed by atoms with Crippen molar-refractivity contribution in [2.45, 2.75) is 20.4 Å². The van der Waals surface area contributed by atoms with E-state index in [1.807, 2.05) is 0 Å². The third-order valence-corrected chi connectivity index (χ3v) is 3.33. The van der Waals surface area contributed by atoms with Gasteiger partial charge in [-0.15, -0.1) is 0 Å². The minimum absolute atomic E-state index is 0.0225. The van der Waals surface area contributed by atoms with E-state index < -0.39 is 4.92 Å². The molecule has 0 bridgehead atoms. The number of carbonyl (C=O) groups is 1. The van der Waals surface area contributed by atoms with Crippen LogP contribution in [0.5, 0.6) is 0 Å². The van der Waals surface area contributed by atoms with E-state index in [2.05, 4.69) is 5.32 Å². The number of nitro benzene ring substituents is 1. The van der Waals surface area contributed by atoms with E-state index in [1.165, 1.54) is 24.3 Å². The van der Waals surface area contributed by atoms with Crippen LogP contribution in [0.3, 0.4) is 0 Å². The zero-order valence-corrected chi connectivity index (χ0v) is 12.2. The normalized spacial score (nSPS) is 10.3. The summed E-state index contributed by atoms with van der Waals surface area (Å²) >= 11 is 0. The standard InChI is InChI=1S/C16H15FN2O3/c1-10-7-12(3-5-14(10)17)9-18-16(20)13-4-6-15(19(21)22)11(2)8-13/h3-8H,9H2,1-2H3,(H,18,20). The summed E-state index contributed by atoms with van der Waals surface area (Å²) < 4.78 is 13.2. The van der Waals surface area contributed by atoms with Crippen LogP contribution in [0.2, 0.25) is 0 Å². The van der Waals surface area contributed by atoms with E-state index in [4.69, 9.17) is 0 Å². The zero-order valence-electron chi connectivity index (χ0n) is 12.2. The Morgan fingerprint density at radius 1 is 1.18 bits per heavy atom. The molecule has 1 N–H and O–H groups in total. The molecule has 114 valence electrons. The van der Waals surface area contributed by atoms with Gasteiger partial charge in [-0.25, -0.2) is 4.39 Å². The van der Waals surface area contributed by atoms with Crippen LogP contribution in [0.25, 0.3) is 0 Å². The van der Waals surface area contributed by atoms with Crippen LogP contribution >= 0.6 is 0 Å². The van der Waals surface area contributed by atoms with E-state index in [1.54, 1.807) is 26.0 Å². The van der Waals surface area contributed by atoms with Crippen molar-refractivity contribution in [1.82, 2.24) is 5.32 Å². The molecule has 0 spiro atoms. The fraction of sp³-hybridized carbons (Fsp3) is 0.188. The molecule has 0 aromatic heterocycles. The monoisotopic (exact) mass is 302 g/mol. The van der Waals surface area contributed by atoms with Gasteiger partial charge in [0.1, 0.15) is 5.82 Å². The molecule has 0 saturated carbocycles. The number of hydrogen-bond acceptors (Lipinski definition) is 3. The first-order valence-corrected chi connectivity index (χ1v) is 6.67. The molecular formula is C16H15FN2O3. The van der Waals surface area contributed by atoms with Crippen molar-refractivity contribution in [2.75, 3.05) is 0 Å². The largest absolute Gasteiger partial charge is 0.348 e. The minimum Gasteiger partial charge on any atom is -0.348 e. The summed E-state index contributed by atoms with van der Waals surface area (Å²) in [7, 11) is 0. The molecule has 6 heteroatoms. The molecule has 0 radical (unpaired) electrons. The Bertz CT molecular complexity index is 744. The average Bonchev–Trinajstić information content (AvgIpc) is 2.47. The number of rotatable bonds is 4. The highest BCUT2D eigenvalue weighted by Gasteiger charge is 2.13. The van der Waals surface area contributed by atoms with Crippen LogP contribution in [0, 0.1) is 29.8 Å². The van der Waals surface area contributed by atoms with E-state index in [0.29, 0.717) is 16.7 Å². The number of benzene rings is 2. The molecule has 0 aliphatic carbocycles. The van der Waals surface area contributed by atoms with Gasteiger partial charge in [0.25, 0.3) is 11.6 Å². The summed E-state index contributed by atoms with van der Waals surface area (Å²) in [6, 6.07) is 8.82. The third kappa shape index (κ3) is 3.46. The lowest BCUT2D eigenvalue weighted by atomic mass is 10.1. The van der Waals surface area contributed by atoms with E-state index in [9.17, 15) is 19.3 Å². The maximum Gasteiger partial charge on any atom is 0.272 e. The molecule has 0 unspecified atom stereocenters. The van der Waals surface area contributed by atoms with Gasteiger partial charge in [-0.2, -0.15) is 0 Å². The van der Waals surface area contributed by atoms with Crippen LogP contribution in [-0.2, 0) is 6.54 Å². The minimum atomic E-state index is -0.488. The molecule has 22 heavy (non-hydrogen) atoms. The maximum absolute atomic E-state index is 13.2. The van der Waals surface area contributed by atoms with Crippen LogP contribution in [0.1, 0.15) is 27.0 Å². The predicted octanol–water partition coefficient (Wildman–Crippen LogP) is 3.28. The summed E-state index contributed by atoms with van der Waals surface area (Å²) in [5.41, 5.74) is 2.05. The second-order valence-corrected chi connectivity index (χ2v) is 5.02. The second-order valence-electron chi connectivity index (χ2n) is 5.02. The number of nitrogens with one attached hydrogen (secondary N) is 1. The molecule has 0 aliphatic rings. The summed E-state index contributed by atoms with van der Waals surface area (Å²) in [4.78, 5) is 22.3. The number of halogens is 1. The lowest BCUT2D eigenvalue weighted by molar-refractivity contribution is -0.385. The van der Waals surface area contributed by atoms with Crippen molar-refractivity contribution in [3.8, 4) is 0 Å². The van der Waals surface area contributed by atoms with Gasteiger partial charge in [0.05, 0.1) is 4.92 Å². The molecule has 2 aromatic carbocycles. The van der Waals surface area contributed by atoms with E-state index >= 15 is 0 Å². The Balaban J connectivity index is 2.07. The van der Waals surface area contributed by atoms with Gasteiger partial charge in [-0.3, -0.25) is 14.9 Å². The van der Waals surface area contributed by atoms with Crippen molar-refractivity contribution in [1.29, 1.82) is 0 Å². The summed E-state index contributed by atoms with van der Waals surface area (Å²) in [6.07, 6.45) is 0. The maximum atomic E-state index is 13.2. The number of carbonyl (C=O) groups excluding carboxylic acids is 1. The highest BCUT2D eigenvalue weighted by Crippen LogP contribution is 2.18. The highest BCUT2D eigenvalue weighted by molar-refractivity contribution is 5.94. The third-order valence-electron chi connectivity index (χ3n) is 3.33. The van der Waals surface area contributed by atoms with Gasteiger partial charge in [0, 0.05) is 23.7 Å². The Morgan fingerprint density at radius 2 is 1.91 bits per heavy atom. The Kier molecular flexibility index (Phi) is 4.50. The molecule has 0 saturated heterocycles. The summed E-state index contributed by atoms with van der Waals surface area (Å²) in [5.74, 6) is -0.624. The Hall–Kier alpha value is -2.76. The van der Waals surface area contributed by atoms with Crippen molar-refractivity contribution >= 4 is 11.6 Å². The lowest BCUT2D eigenvalue weighted by Crippen LogP contribution is -2.23. The first-order valence-electron chi connectivity index (χ1n) is 6.67. The fourth-order valence-corrected chi connectivity index (χ4v) is 2.10. The van der Waals surface area contributed by atoms with Crippen molar-refractivity contribution in [3.05, 3.63) is 74.6 Å². The second kappa shape index (κ2) is 6.34.